The van der Waals surface area contributed by atoms with Crippen LogP contribution in [-0.4, -0.2) is 23.1 Å². The van der Waals surface area contributed by atoms with E-state index in [2.05, 4.69) is 26.0 Å². The molecule has 0 aliphatic heterocycles. The predicted molar refractivity (Wildman–Crippen MR) is 113 cm³/mol. The van der Waals surface area contributed by atoms with Gasteiger partial charge in [-0.15, -0.1) is 0 Å². The third kappa shape index (κ3) is 2.37. The van der Waals surface area contributed by atoms with Gasteiger partial charge in [0.2, 0.25) is 0 Å². The van der Waals surface area contributed by atoms with Crippen LogP contribution in [0.15, 0.2) is 23.8 Å². The molecule has 0 aromatic heterocycles. The number of Topliss-reactive ketones (excluding diaryl/α,β-unsaturated/α-hetero) is 1. The van der Waals surface area contributed by atoms with E-state index in [1.807, 2.05) is 6.08 Å². The van der Waals surface area contributed by atoms with Crippen LogP contribution in [0.5, 0.6) is 0 Å². The topological polar surface area (TPSA) is 60.4 Å². The minimum Gasteiger partial charge on any atom is -0.451 e. The molecule has 5 aliphatic carbocycles. The van der Waals surface area contributed by atoms with Crippen LogP contribution in [0.25, 0.3) is 0 Å². The second kappa shape index (κ2) is 6.40. The van der Waals surface area contributed by atoms with E-state index in [1.54, 1.807) is 6.92 Å². The molecular formula is C26H34O4. The zero-order valence-electron chi connectivity index (χ0n) is 18.7. The summed E-state index contributed by atoms with van der Waals surface area (Å²) in [5.74, 6) is 2.15. The lowest BCUT2D eigenvalue weighted by Crippen LogP contribution is -2.62. The van der Waals surface area contributed by atoms with Crippen LogP contribution in [-0.2, 0) is 19.1 Å². The van der Waals surface area contributed by atoms with Gasteiger partial charge in [0.25, 0.3) is 0 Å². The summed E-state index contributed by atoms with van der Waals surface area (Å²) in [6.45, 7) is 7.56. The maximum absolute atomic E-state index is 13.0. The van der Waals surface area contributed by atoms with Crippen LogP contribution in [0, 0.1) is 40.4 Å². The molecule has 0 bridgehead atoms. The van der Waals surface area contributed by atoms with Gasteiger partial charge in [-0.05, 0) is 86.5 Å². The fourth-order valence-electron chi connectivity index (χ4n) is 9.05. The van der Waals surface area contributed by atoms with Crippen molar-refractivity contribution in [1.29, 1.82) is 0 Å². The number of ketones is 2. The zero-order valence-corrected chi connectivity index (χ0v) is 18.7. The molecule has 0 aromatic carbocycles. The fourth-order valence-corrected chi connectivity index (χ4v) is 9.05. The third-order valence-corrected chi connectivity index (χ3v) is 9.90. The van der Waals surface area contributed by atoms with E-state index >= 15 is 0 Å². The first kappa shape index (κ1) is 20.2. The molecule has 4 nitrogen and oxygen atoms in total. The molecule has 3 unspecified atom stereocenters. The fraction of sp³-hybridized carbons (Fsp3) is 0.731. The van der Waals surface area contributed by atoms with Crippen LogP contribution >= 0.6 is 0 Å². The van der Waals surface area contributed by atoms with Crippen LogP contribution in [0.3, 0.4) is 0 Å². The highest BCUT2D eigenvalue weighted by Gasteiger charge is 2.70. The lowest BCUT2D eigenvalue weighted by Gasteiger charge is -2.64. The molecule has 8 atom stereocenters. The van der Waals surface area contributed by atoms with Crippen molar-refractivity contribution in [1.82, 2.24) is 0 Å². The highest BCUT2D eigenvalue weighted by Crippen LogP contribution is 2.72. The van der Waals surface area contributed by atoms with Crippen molar-refractivity contribution < 1.29 is 19.1 Å². The van der Waals surface area contributed by atoms with E-state index in [0.29, 0.717) is 48.2 Å². The predicted octanol–water partition coefficient (Wildman–Crippen LogP) is 4.82. The Labute approximate surface area is 179 Å². The molecule has 5 aliphatic rings. The quantitative estimate of drug-likeness (QED) is 0.484. The SMILES string of the molecule is CC(=O)O[C@]1(C(C)=O)CCC2C3C[C@H](C)C4=CC(=O)CC[C@@]45CC=C[C@@H](C[C@@]21C)C35. The van der Waals surface area contributed by atoms with Gasteiger partial charge in [-0.25, -0.2) is 0 Å². The molecule has 162 valence electrons. The van der Waals surface area contributed by atoms with Gasteiger partial charge in [0.05, 0.1) is 0 Å². The van der Waals surface area contributed by atoms with Gasteiger partial charge in [0.1, 0.15) is 0 Å². The van der Waals surface area contributed by atoms with E-state index in [0.717, 1.165) is 32.1 Å². The third-order valence-electron chi connectivity index (χ3n) is 9.90. The normalized spacial score (nSPS) is 48.9. The Morgan fingerprint density at radius 3 is 2.67 bits per heavy atom. The lowest BCUT2D eigenvalue weighted by molar-refractivity contribution is -0.192. The van der Waals surface area contributed by atoms with Crippen molar-refractivity contribution >= 4 is 17.5 Å². The van der Waals surface area contributed by atoms with Crippen LogP contribution < -0.4 is 0 Å². The molecule has 4 heteroatoms. The van der Waals surface area contributed by atoms with Crippen molar-refractivity contribution in [3.63, 3.8) is 0 Å². The highest BCUT2D eigenvalue weighted by molar-refractivity contribution is 5.92. The van der Waals surface area contributed by atoms with E-state index in [9.17, 15) is 14.4 Å². The van der Waals surface area contributed by atoms with E-state index in [-0.39, 0.29) is 22.6 Å². The summed E-state index contributed by atoms with van der Waals surface area (Å²) in [5, 5.41) is 0. The minimum atomic E-state index is -0.991. The van der Waals surface area contributed by atoms with Gasteiger partial charge >= 0.3 is 5.97 Å². The van der Waals surface area contributed by atoms with Gasteiger partial charge in [-0.3, -0.25) is 14.4 Å². The average molecular weight is 411 g/mol. The molecule has 0 amide bonds. The number of carbonyl (C=O) groups excluding carboxylic acids is 3. The first-order valence-corrected chi connectivity index (χ1v) is 11.8. The van der Waals surface area contributed by atoms with E-state index in [1.165, 1.54) is 12.5 Å². The maximum Gasteiger partial charge on any atom is 0.303 e. The Balaban J connectivity index is 1.63. The van der Waals surface area contributed by atoms with Crippen molar-refractivity contribution in [3.05, 3.63) is 23.8 Å². The summed E-state index contributed by atoms with van der Waals surface area (Å²) in [6, 6.07) is 0. The van der Waals surface area contributed by atoms with Crippen LogP contribution in [0.2, 0.25) is 0 Å². The van der Waals surface area contributed by atoms with Gasteiger partial charge in [-0.2, -0.15) is 0 Å². The number of carbonyl (C=O) groups is 3. The van der Waals surface area contributed by atoms with E-state index in [4.69, 9.17) is 4.74 Å². The van der Waals surface area contributed by atoms with Crippen LogP contribution in [0.1, 0.15) is 72.6 Å². The molecule has 0 heterocycles. The first-order chi connectivity index (χ1) is 14.1. The molecule has 1 spiro atoms. The van der Waals surface area contributed by atoms with Crippen molar-refractivity contribution in [2.75, 3.05) is 0 Å². The molecule has 0 saturated heterocycles. The number of hydrogen-bond acceptors (Lipinski definition) is 4. The summed E-state index contributed by atoms with van der Waals surface area (Å²) in [4.78, 5) is 37.3. The highest BCUT2D eigenvalue weighted by atomic mass is 16.6. The van der Waals surface area contributed by atoms with E-state index < -0.39 is 5.60 Å². The van der Waals surface area contributed by atoms with Gasteiger partial charge in [-0.1, -0.05) is 31.6 Å². The first-order valence-electron chi connectivity index (χ1n) is 11.8. The number of fused-ring (bicyclic) bond motifs is 2. The Hall–Kier alpha value is -1.71. The van der Waals surface area contributed by atoms with Gasteiger partial charge in [0, 0.05) is 18.8 Å². The van der Waals surface area contributed by atoms with Gasteiger partial charge in [0.15, 0.2) is 17.2 Å². The minimum absolute atomic E-state index is 0.00311. The van der Waals surface area contributed by atoms with Crippen molar-refractivity contribution in [2.24, 2.45) is 40.4 Å². The van der Waals surface area contributed by atoms with Crippen molar-refractivity contribution in [3.8, 4) is 0 Å². The maximum atomic E-state index is 13.0. The van der Waals surface area contributed by atoms with Gasteiger partial charge < -0.3 is 4.74 Å². The second-order valence-electron chi connectivity index (χ2n) is 11.1. The molecule has 0 N–H and O–H groups in total. The molecular weight excluding hydrogens is 376 g/mol. The average Bonchev–Trinajstić information content (AvgIpc) is 2.96. The summed E-state index contributed by atoms with van der Waals surface area (Å²) >= 11 is 0. The number of allylic oxidation sites excluding steroid dienone is 3. The summed E-state index contributed by atoms with van der Waals surface area (Å²) in [6.07, 6.45) is 12.9. The molecule has 0 aromatic rings. The Morgan fingerprint density at radius 1 is 1.20 bits per heavy atom. The zero-order chi connectivity index (χ0) is 21.5. The molecule has 5 rings (SSSR count). The summed E-state index contributed by atoms with van der Waals surface area (Å²) in [7, 11) is 0. The number of rotatable bonds is 2. The second-order valence-corrected chi connectivity index (χ2v) is 11.1. The largest absolute Gasteiger partial charge is 0.451 e. The number of hydrogen-bond donors (Lipinski definition) is 0. The molecule has 3 fully saturated rings. The molecule has 0 radical (unpaired) electrons. The molecule has 3 saturated carbocycles. The summed E-state index contributed by atoms with van der Waals surface area (Å²) < 4.78 is 5.93. The standard InChI is InChI=1S/C26H34O4/c1-15-12-20-21-8-11-26(16(2)27,30-17(3)28)24(21,4)14-18-6-5-9-25(23(18)20)10-7-19(29)13-22(15)25/h5-6,13,15,18,20-21,23H,7-12,14H2,1-4H3/t15-,18-,20?,21?,23?,24-,25-,26-/m0/s1. The number of esters is 1. The monoisotopic (exact) mass is 410 g/mol. The molecule has 30 heavy (non-hydrogen) atoms. The Morgan fingerprint density at radius 2 is 1.97 bits per heavy atom. The Kier molecular flexibility index (Phi) is 4.31. The van der Waals surface area contributed by atoms with Crippen LogP contribution in [0.4, 0.5) is 0 Å². The number of ether oxygens (including phenoxy) is 1. The smallest absolute Gasteiger partial charge is 0.303 e. The van der Waals surface area contributed by atoms with Crippen molar-refractivity contribution in [2.45, 2.75) is 78.2 Å². The lowest BCUT2D eigenvalue weighted by atomic mass is 9.40. The summed E-state index contributed by atoms with van der Waals surface area (Å²) in [5.41, 5.74) is 0.188. The Bertz CT molecular complexity index is 883.